The first-order valence-corrected chi connectivity index (χ1v) is 10.0. The molecule has 2 radical (unpaired) electrons. The second-order valence-electron chi connectivity index (χ2n) is 7.69. The number of sulfonamides is 1. The molecule has 1 heterocycles. The van der Waals surface area contributed by atoms with Gasteiger partial charge in [-0.1, -0.05) is 6.92 Å². The average molecular weight is 349 g/mol. The predicted molar refractivity (Wildman–Crippen MR) is 99.3 cm³/mol. The Kier molecular flexibility index (Phi) is 4.43. The highest BCUT2D eigenvalue weighted by Crippen LogP contribution is 2.52. The smallest absolute Gasteiger partial charge is 0.211 e. The summed E-state index contributed by atoms with van der Waals surface area (Å²) in [4.78, 5) is 0. The molecule has 0 aromatic heterocycles. The Morgan fingerprint density at radius 3 is 1.96 bits per heavy atom. The van der Waals surface area contributed by atoms with Gasteiger partial charge in [0.2, 0.25) is 10.0 Å². The lowest BCUT2D eigenvalue weighted by atomic mass is 9.57. The molecule has 2 rings (SSSR count). The molecule has 6 heteroatoms. The van der Waals surface area contributed by atoms with Crippen molar-refractivity contribution in [1.29, 1.82) is 0 Å². The first kappa shape index (κ1) is 19.3. The molecule has 1 aromatic carbocycles. The Morgan fingerprint density at radius 2 is 1.50 bits per heavy atom. The van der Waals surface area contributed by atoms with Gasteiger partial charge in [0.25, 0.3) is 0 Å². The summed E-state index contributed by atoms with van der Waals surface area (Å²) in [5.41, 5.74) is 3.30. The van der Waals surface area contributed by atoms with Crippen molar-refractivity contribution in [2.24, 2.45) is 5.92 Å². The molecule has 2 atom stereocenters. The van der Waals surface area contributed by atoms with Crippen molar-refractivity contribution in [3.63, 3.8) is 0 Å². The van der Waals surface area contributed by atoms with Crippen LogP contribution in [0.15, 0.2) is 0 Å². The maximum Gasteiger partial charge on any atom is 0.211 e. The molecule has 0 saturated carbocycles. The highest BCUT2D eigenvalue weighted by Gasteiger charge is 2.53. The number of benzene rings is 1. The van der Waals surface area contributed by atoms with E-state index in [1.807, 2.05) is 41.5 Å². The number of fused-ring (bicyclic) bond motifs is 1. The van der Waals surface area contributed by atoms with Crippen LogP contribution in [0.25, 0.3) is 0 Å². The molecule has 0 aliphatic carbocycles. The molecule has 24 heavy (non-hydrogen) atoms. The van der Waals surface area contributed by atoms with E-state index in [0.29, 0.717) is 0 Å². The maximum atomic E-state index is 12.4. The van der Waals surface area contributed by atoms with E-state index in [9.17, 15) is 8.42 Å². The molecule has 0 spiro atoms. The highest BCUT2D eigenvalue weighted by molar-refractivity contribution is 7.88. The van der Waals surface area contributed by atoms with Crippen molar-refractivity contribution in [3.8, 4) is 5.75 Å². The van der Waals surface area contributed by atoms with Gasteiger partial charge in [-0.05, 0) is 63.8 Å². The van der Waals surface area contributed by atoms with Gasteiger partial charge in [-0.15, -0.1) is 0 Å². The molecule has 0 bridgehead atoms. The van der Waals surface area contributed by atoms with E-state index in [1.165, 1.54) is 10.6 Å². The molecule has 0 saturated heterocycles. The van der Waals surface area contributed by atoms with E-state index >= 15 is 0 Å². The van der Waals surface area contributed by atoms with Gasteiger partial charge in [0.15, 0.2) is 0 Å². The zero-order chi connectivity index (χ0) is 18.8. The quantitative estimate of drug-likeness (QED) is 0.772. The normalized spacial score (nSPS) is 26.2. The third kappa shape index (κ3) is 2.50. The zero-order valence-corrected chi connectivity index (χ0v) is 17.1. The van der Waals surface area contributed by atoms with E-state index in [0.717, 1.165) is 33.6 Å². The van der Waals surface area contributed by atoms with Crippen molar-refractivity contribution in [2.45, 2.75) is 59.5 Å². The number of hydrogen-bond acceptors (Lipinski definition) is 3. The van der Waals surface area contributed by atoms with Crippen molar-refractivity contribution >= 4 is 17.9 Å². The Morgan fingerprint density at radius 1 is 1.04 bits per heavy atom. The third-order valence-corrected chi connectivity index (χ3v) is 7.41. The van der Waals surface area contributed by atoms with Crippen molar-refractivity contribution in [2.75, 3.05) is 13.3 Å². The SMILES string of the molecule is [B]C1(N(C)S(C)(=O)=O)c2c(C)c(C)c(C)c(C)c2OC(C)(C)C1C. The van der Waals surface area contributed by atoms with Crippen LogP contribution < -0.4 is 4.74 Å². The molecule has 2 unspecified atom stereocenters. The van der Waals surface area contributed by atoms with E-state index < -0.39 is 21.1 Å². The molecule has 0 amide bonds. The summed E-state index contributed by atoms with van der Waals surface area (Å²) in [6.45, 7) is 14.0. The molecule has 0 N–H and O–H groups in total. The van der Waals surface area contributed by atoms with E-state index in [-0.39, 0.29) is 5.92 Å². The van der Waals surface area contributed by atoms with Crippen LogP contribution in [0.3, 0.4) is 0 Å². The number of ether oxygens (including phenoxy) is 1. The minimum atomic E-state index is -3.49. The van der Waals surface area contributed by atoms with Crippen LogP contribution in [0.1, 0.15) is 48.6 Å². The Labute approximate surface area is 148 Å². The fourth-order valence-electron chi connectivity index (χ4n) is 3.69. The lowest BCUT2D eigenvalue weighted by Crippen LogP contribution is -2.61. The van der Waals surface area contributed by atoms with E-state index in [2.05, 4.69) is 6.92 Å². The molecular weight excluding hydrogens is 321 g/mol. The van der Waals surface area contributed by atoms with Gasteiger partial charge in [-0.2, -0.15) is 0 Å². The van der Waals surface area contributed by atoms with Crippen molar-refractivity contribution < 1.29 is 13.2 Å². The molecule has 1 aliphatic heterocycles. The van der Waals surface area contributed by atoms with Gasteiger partial charge in [0.1, 0.15) is 19.2 Å². The van der Waals surface area contributed by atoms with Gasteiger partial charge >= 0.3 is 0 Å². The largest absolute Gasteiger partial charge is 0.487 e. The van der Waals surface area contributed by atoms with Crippen LogP contribution in [-0.4, -0.2) is 39.5 Å². The van der Waals surface area contributed by atoms with Gasteiger partial charge in [-0.25, -0.2) is 12.7 Å². The predicted octanol–water partition coefficient (Wildman–Crippen LogP) is 2.94. The van der Waals surface area contributed by atoms with Crippen LogP contribution in [-0.2, 0) is 15.5 Å². The van der Waals surface area contributed by atoms with Crippen LogP contribution in [0.5, 0.6) is 5.75 Å². The summed E-state index contributed by atoms with van der Waals surface area (Å²) in [5, 5.41) is 0. The molecule has 0 fully saturated rings. The maximum absolute atomic E-state index is 12.4. The summed E-state index contributed by atoms with van der Waals surface area (Å²) >= 11 is 0. The van der Waals surface area contributed by atoms with Gasteiger partial charge < -0.3 is 4.74 Å². The molecule has 132 valence electrons. The second-order valence-corrected chi connectivity index (χ2v) is 9.70. The van der Waals surface area contributed by atoms with Crippen molar-refractivity contribution in [3.05, 3.63) is 27.8 Å². The Balaban J connectivity index is 2.98. The third-order valence-electron chi connectivity index (χ3n) is 6.12. The average Bonchev–Trinajstić information content (AvgIpc) is 2.46. The number of rotatable bonds is 2. The lowest BCUT2D eigenvalue weighted by molar-refractivity contribution is -0.0184. The summed E-state index contributed by atoms with van der Waals surface area (Å²) in [7, 11) is 4.94. The minimum absolute atomic E-state index is 0.238. The molecular formula is C18H28BNO3S. The number of hydrogen-bond donors (Lipinski definition) is 0. The minimum Gasteiger partial charge on any atom is -0.487 e. The summed E-state index contributed by atoms with van der Waals surface area (Å²) in [5.74, 6) is 0.481. The fourth-order valence-corrected chi connectivity index (χ4v) is 4.49. The first-order valence-electron chi connectivity index (χ1n) is 8.20. The summed E-state index contributed by atoms with van der Waals surface area (Å²) < 4.78 is 32.3. The van der Waals surface area contributed by atoms with E-state index in [1.54, 1.807) is 7.05 Å². The fraction of sp³-hybridized carbons (Fsp3) is 0.667. The van der Waals surface area contributed by atoms with Crippen LogP contribution in [0.4, 0.5) is 0 Å². The lowest BCUT2D eigenvalue weighted by Gasteiger charge is -2.54. The molecule has 1 aromatic rings. The van der Waals surface area contributed by atoms with Crippen LogP contribution in [0.2, 0.25) is 0 Å². The van der Waals surface area contributed by atoms with E-state index in [4.69, 9.17) is 12.6 Å². The monoisotopic (exact) mass is 349 g/mol. The standard InChI is InChI=1S/C18H28BNO3S/c1-10-11(2)13(4)16-15(12(10)3)18(19,20(8)24(9,21)22)14(5)17(6,7)23-16/h14H,1-9H3. The van der Waals surface area contributed by atoms with Gasteiger partial charge in [0.05, 0.1) is 6.26 Å². The van der Waals surface area contributed by atoms with Gasteiger partial charge in [-0.3, -0.25) is 0 Å². The van der Waals surface area contributed by atoms with Crippen molar-refractivity contribution in [1.82, 2.24) is 4.31 Å². The van der Waals surface area contributed by atoms with Crippen LogP contribution in [0, 0.1) is 33.6 Å². The number of nitrogens with zero attached hydrogens (tertiary/aromatic N) is 1. The Bertz CT molecular complexity index is 801. The second kappa shape index (κ2) is 5.50. The summed E-state index contributed by atoms with van der Waals surface area (Å²) in [6.07, 6.45) is 1.19. The molecule has 1 aliphatic rings. The zero-order valence-electron chi connectivity index (χ0n) is 16.2. The highest BCUT2D eigenvalue weighted by atomic mass is 32.2. The topological polar surface area (TPSA) is 46.6 Å². The first-order chi connectivity index (χ1) is 10.7. The van der Waals surface area contributed by atoms with Gasteiger partial charge in [0, 0.05) is 24.0 Å². The Hall–Kier alpha value is -1.01. The summed E-state index contributed by atoms with van der Waals surface area (Å²) in [6, 6.07) is 0. The molecule has 4 nitrogen and oxygen atoms in total. The van der Waals surface area contributed by atoms with Crippen LogP contribution >= 0.6 is 0 Å².